The minimum absolute atomic E-state index is 0.280. The summed E-state index contributed by atoms with van der Waals surface area (Å²) in [6, 6.07) is 0. The van der Waals surface area contributed by atoms with Crippen molar-refractivity contribution in [2.45, 2.75) is 40.5 Å². The van der Waals surface area contributed by atoms with Gasteiger partial charge in [-0.25, -0.2) is 0 Å². The van der Waals surface area contributed by atoms with Crippen molar-refractivity contribution in [3.63, 3.8) is 0 Å². The number of aromatic nitrogens is 3. The Bertz CT molecular complexity index is 418. The van der Waals surface area contributed by atoms with Crippen LogP contribution < -0.4 is 15.5 Å². The molecule has 0 unspecified atom stereocenters. The molecular weight excluding hydrogens is 264 g/mol. The van der Waals surface area contributed by atoms with E-state index in [-0.39, 0.29) is 5.95 Å². The van der Waals surface area contributed by atoms with Crippen molar-refractivity contribution < 1.29 is 0 Å². The third-order valence-corrected chi connectivity index (χ3v) is 3.26. The lowest BCUT2D eigenvalue weighted by Gasteiger charge is -2.25. The Kier molecular flexibility index (Phi) is 6.65. The number of nitrogens with zero attached hydrogens (tertiary/aromatic N) is 5. The summed E-state index contributed by atoms with van der Waals surface area (Å²) in [5.41, 5.74) is 5.83. The minimum Gasteiger partial charge on any atom is -0.368 e. The first-order valence-electron chi connectivity index (χ1n) is 7.73. The predicted octanol–water partition coefficient (Wildman–Crippen LogP) is 2.42. The van der Waals surface area contributed by atoms with Crippen LogP contribution in [0.5, 0.6) is 0 Å². The molecule has 21 heavy (non-hydrogen) atoms. The maximum atomic E-state index is 5.83. The van der Waals surface area contributed by atoms with Gasteiger partial charge >= 0.3 is 0 Å². The van der Waals surface area contributed by atoms with Crippen LogP contribution in [0.1, 0.15) is 40.5 Å². The summed E-state index contributed by atoms with van der Waals surface area (Å²) in [6.07, 6.45) is 2.22. The van der Waals surface area contributed by atoms with E-state index in [1.807, 2.05) is 19.0 Å². The Morgan fingerprint density at radius 2 is 1.33 bits per heavy atom. The van der Waals surface area contributed by atoms with Crippen LogP contribution in [0.15, 0.2) is 0 Å². The van der Waals surface area contributed by atoms with E-state index in [4.69, 9.17) is 5.73 Å². The lowest BCUT2D eigenvalue weighted by molar-refractivity contribution is 0.530. The normalized spacial score (nSPS) is 11.2. The van der Waals surface area contributed by atoms with Crippen molar-refractivity contribution in [3.8, 4) is 0 Å². The van der Waals surface area contributed by atoms with Gasteiger partial charge in [-0.05, 0) is 24.7 Å². The molecule has 0 radical (unpaired) electrons. The fourth-order valence-corrected chi connectivity index (χ4v) is 1.85. The molecular formula is C15H30N6. The standard InChI is InChI=1S/C15H30N6/c1-11(2)7-9-21(10-8-12(3)4)15-18-13(16)17-14(19-15)20(5)6/h11-12H,7-10H2,1-6H3,(H2,16,17,18,19). The minimum atomic E-state index is 0.280. The Labute approximate surface area is 128 Å². The summed E-state index contributed by atoms with van der Waals surface area (Å²) in [6.45, 7) is 10.8. The first kappa shape index (κ1) is 17.5. The molecule has 120 valence electrons. The van der Waals surface area contributed by atoms with Gasteiger partial charge in [0.05, 0.1) is 0 Å². The summed E-state index contributed by atoms with van der Waals surface area (Å²) >= 11 is 0. The van der Waals surface area contributed by atoms with Crippen LogP contribution in [0, 0.1) is 11.8 Å². The lowest BCUT2D eigenvalue weighted by Crippen LogP contribution is -2.30. The van der Waals surface area contributed by atoms with Gasteiger partial charge < -0.3 is 15.5 Å². The molecule has 0 saturated carbocycles. The van der Waals surface area contributed by atoms with E-state index in [0.717, 1.165) is 25.9 Å². The highest BCUT2D eigenvalue weighted by Crippen LogP contribution is 2.16. The fraction of sp³-hybridized carbons (Fsp3) is 0.800. The van der Waals surface area contributed by atoms with Crippen LogP contribution in [-0.2, 0) is 0 Å². The van der Waals surface area contributed by atoms with Gasteiger partial charge in [0.2, 0.25) is 17.8 Å². The summed E-state index contributed by atoms with van der Waals surface area (Å²) < 4.78 is 0. The molecule has 0 aliphatic rings. The Balaban J connectivity index is 2.94. The smallest absolute Gasteiger partial charge is 0.231 e. The zero-order valence-electron chi connectivity index (χ0n) is 14.3. The van der Waals surface area contributed by atoms with Crippen LogP contribution in [0.4, 0.5) is 17.8 Å². The van der Waals surface area contributed by atoms with Crippen molar-refractivity contribution in [1.29, 1.82) is 0 Å². The highest BCUT2D eigenvalue weighted by Gasteiger charge is 2.14. The zero-order valence-corrected chi connectivity index (χ0v) is 14.3. The van der Waals surface area contributed by atoms with Gasteiger partial charge in [0.25, 0.3) is 0 Å². The van der Waals surface area contributed by atoms with Crippen LogP contribution in [0.3, 0.4) is 0 Å². The van der Waals surface area contributed by atoms with Crippen molar-refractivity contribution in [3.05, 3.63) is 0 Å². The summed E-state index contributed by atoms with van der Waals surface area (Å²) in [4.78, 5) is 17.1. The van der Waals surface area contributed by atoms with Gasteiger partial charge in [-0.1, -0.05) is 27.7 Å². The Morgan fingerprint density at radius 1 is 0.857 bits per heavy atom. The Morgan fingerprint density at radius 3 is 1.76 bits per heavy atom. The monoisotopic (exact) mass is 294 g/mol. The van der Waals surface area contributed by atoms with Gasteiger partial charge in [-0.15, -0.1) is 0 Å². The van der Waals surface area contributed by atoms with Crippen LogP contribution >= 0.6 is 0 Å². The second-order valence-electron chi connectivity index (χ2n) is 6.54. The topological polar surface area (TPSA) is 71.2 Å². The van der Waals surface area contributed by atoms with E-state index in [1.54, 1.807) is 0 Å². The van der Waals surface area contributed by atoms with Crippen LogP contribution in [-0.4, -0.2) is 42.1 Å². The fourth-order valence-electron chi connectivity index (χ4n) is 1.85. The van der Waals surface area contributed by atoms with Gasteiger partial charge in [-0.2, -0.15) is 15.0 Å². The molecule has 1 heterocycles. The number of hydrogen-bond acceptors (Lipinski definition) is 6. The molecule has 0 atom stereocenters. The van der Waals surface area contributed by atoms with E-state index in [0.29, 0.717) is 23.7 Å². The van der Waals surface area contributed by atoms with E-state index in [9.17, 15) is 0 Å². The highest BCUT2D eigenvalue weighted by atomic mass is 15.3. The van der Waals surface area contributed by atoms with E-state index in [1.165, 1.54) is 0 Å². The molecule has 1 aromatic rings. The average Bonchev–Trinajstić information content (AvgIpc) is 2.37. The average molecular weight is 294 g/mol. The molecule has 6 nitrogen and oxygen atoms in total. The second kappa shape index (κ2) is 8.00. The first-order chi connectivity index (χ1) is 9.79. The van der Waals surface area contributed by atoms with Crippen molar-refractivity contribution in [2.24, 2.45) is 11.8 Å². The lowest BCUT2D eigenvalue weighted by atomic mass is 10.1. The van der Waals surface area contributed by atoms with E-state index < -0.39 is 0 Å². The van der Waals surface area contributed by atoms with Crippen LogP contribution in [0.2, 0.25) is 0 Å². The zero-order chi connectivity index (χ0) is 16.0. The van der Waals surface area contributed by atoms with Crippen molar-refractivity contribution in [1.82, 2.24) is 15.0 Å². The molecule has 6 heteroatoms. The van der Waals surface area contributed by atoms with Gasteiger partial charge in [-0.3, -0.25) is 0 Å². The third kappa shape index (κ3) is 6.14. The number of hydrogen-bond donors (Lipinski definition) is 1. The highest BCUT2D eigenvalue weighted by molar-refractivity contribution is 5.42. The van der Waals surface area contributed by atoms with Gasteiger partial charge in [0.15, 0.2) is 0 Å². The molecule has 2 N–H and O–H groups in total. The van der Waals surface area contributed by atoms with E-state index in [2.05, 4.69) is 47.5 Å². The molecule has 0 fully saturated rings. The molecule has 1 aromatic heterocycles. The largest absolute Gasteiger partial charge is 0.368 e. The molecule has 0 aliphatic heterocycles. The maximum Gasteiger partial charge on any atom is 0.231 e. The quantitative estimate of drug-likeness (QED) is 0.794. The maximum absolute atomic E-state index is 5.83. The number of nitrogens with two attached hydrogens (primary N) is 1. The third-order valence-electron chi connectivity index (χ3n) is 3.26. The second-order valence-corrected chi connectivity index (χ2v) is 6.54. The molecule has 1 rings (SSSR count). The van der Waals surface area contributed by atoms with E-state index >= 15 is 0 Å². The molecule has 0 spiro atoms. The molecule has 0 bridgehead atoms. The summed E-state index contributed by atoms with van der Waals surface area (Å²) in [5, 5.41) is 0. The summed E-state index contributed by atoms with van der Waals surface area (Å²) in [5.74, 6) is 2.88. The summed E-state index contributed by atoms with van der Waals surface area (Å²) in [7, 11) is 3.82. The number of rotatable bonds is 8. The van der Waals surface area contributed by atoms with Gasteiger partial charge in [0, 0.05) is 27.2 Å². The molecule has 0 saturated heterocycles. The number of anilines is 3. The van der Waals surface area contributed by atoms with Crippen molar-refractivity contribution >= 4 is 17.8 Å². The van der Waals surface area contributed by atoms with Gasteiger partial charge in [0.1, 0.15) is 0 Å². The predicted molar refractivity (Wildman–Crippen MR) is 89.7 cm³/mol. The number of nitrogen functional groups attached to an aromatic ring is 1. The SMILES string of the molecule is CC(C)CCN(CCC(C)C)c1nc(N)nc(N(C)C)n1. The molecule has 0 aliphatic carbocycles. The first-order valence-corrected chi connectivity index (χ1v) is 7.73. The molecule has 0 amide bonds. The van der Waals surface area contributed by atoms with Crippen LogP contribution in [0.25, 0.3) is 0 Å². The van der Waals surface area contributed by atoms with Crippen molar-refractivity contribution in [2.75, 3.05) is 42.7 Å². The Hall–Kier alpha value is -1.59. The molecule has 0 aromatic carbocycles.